The Morgan fingerprint density at radius 3 is 1.42 bits per heavy atom. The molecular weight excluding hydrogens is 404 g/mol. The molecule has 4 aromatic carbocycles. The van der Waals surface area contributed by atoms with Gasteiger partial charge in [0.15, 0.2) is 0 Å². The first kappa shape index (κ1) is 20.8. The van der Waals surface area contributed by atoms with E-state index in [0.29, 0.717) is 0 Å². The largest absolute Gasteiger partial charge is 0.465 e. The maximum Gasteiger partial charge on any atom is 0.129 e. The second kappa shape index (κ2) is 8.14. The lowest BCUT2D eigenvalue weighted by Crippen LogP contribution is -2.28. The molecule has 0 heterocycles. The molecule has 0 amide bonds. The van der Waals surface area contributed by atoms with E-state index in [0.717, 1.165) is 22.6 Å². The molecule has 0 saturated carbocycles. The molecule has 4 aromatic rings. The van der Waals surface area contributed by atoms with Crippen LogP contribution in [0.5, 0.6) is 11.5 Å². The first-order valence-corrected chi connectivity index (χ1v) is 11.1. The van der Waals surface area contributed by atoms with Crippen molar-refractivity contribution in [2.24, 2.45) is 0 Å². The van der Waals surface area contributed by atoms with Gasteiger partial charge in [-0.05, 0) is 70.5 Å². The minimum absolute atomic E-state index is 0.456. The van der Waals surface area contributed by atoms with E-state index in [9.17, 15) is 0 Å². The van der Waals surface area contributed by atoms with Crippen LogP contribution in [0.1, 0.15) is 33.4 Å². The zero-order valence-electron chi connectivity index (χ0n) is 19.0. The smallest absolute Gasteiger partial charge is 0.129 e. The van der Waals surface area contributed by atoms with Crippen LogP contribution in [0.2, 0.25) is 0 Å². The molecule has 0 aromatic heterocycles. The molecule has 0 aliphatic heterocycles. The van der Waals surface area contributed by atoms with Gasteiger partial charge in [-0.15, -0.1) is 0 Å². The minimum atomic E-state index is -0.456. The number of hydrogen-bond donors (Lipinski definition) is 0. The third kappa shape index (κ3) is 3.10. The number of aryl methyl sites for hydroxylation is 2. The Morgan fingerprint density at radius 1 is 0.606 bits per heavy atom. The molecule has 0 saturated heterocycles. The van der Waals surface area contributed by atoms with Gasteiger partial charge in [-0.3, -0.25) is 0 Å². The van der Waals surface area contributed by atoms with E-state index in [4.69, 9.17) is 9.47 Å². The first-order valence-electron chi connectivity index (χ1n) is 11.1. The quantitative estimate of drug-likeness (QED) is 0.257. The number of rotatable bonds is 6. The Labute approximate surface area is 195 Å². The monoisotopic (exact) mass is 430 g/mol. The van der Waals surface area contributed by atoms with Crippen molar-refractivity contribution in [3.05, 3.63) is 144 Å². The predicted octanol–water partition coefficient (Wildman–Crippen LogP) is 7.71. The molecule has 0 radical (unpaired) electrons. The highest BCUT2D eigenvalue weighted by Gasteiger charge is 2.46. The van der Waals surface area contributed by atoms with E-state index in [-0.39, 0.29) is 0 Å². The molecule has 0 N–H and O–H groups in total. The van der Waals surface area contributed by atoms with Gasteiger partial charge in [-0.1, -0.05) is 86.0 Å². The molecule has 2 nitrogen and oxygen atoms in total. The summed E-state index contributed by atoms with van der Waals surface area (Å²) >= 11 is 0. The molecule has 0 fully saturated rings. The fraction of sp³-hybridized carbons (Fsp3) is 0.0968. The lowest BCUT2D eigenvalue weighted by molar-refractivity contribution is 0.478. The highest BCUT2D eigenvalue weighted by molar-refractivity contribution is 5.86. The van der Waals surface area contributed by atoms with Gasteiger partial charge in [-0.2, -0.15) is 0 Å². The third-order valence-corrected chi connectivity index (χ3v) is 6.59. The molecule has 2 heteroatoms. The van der Waals surface area contributed by atoms with E-state index < -0.39 is 5.41 Å². The molecule has 162 valence electrons. The summed E-state index contributed by atoms with van der Waals surface area (Å²) in [5, 5.41) is 0. The van der Waals surface area contributed by atoms with Crippen LogP contribution >= 0.6 is 0 Å². The summed E-state index contributed by atoms with van der Waals surface area (Å²) in [5.74, 6) is 1.63. The zero-order chi connectivity index (χ0) is 23.0. The third-order valence-electron chi connectivity index (χ3n) is 6.59. The molecular formula is C31H26O2. The van der Waals surface area contributed by atoms with E-state index >= 15 is 0 Å². The molecule has 0 spiro atoms. The topological polar surface area (TPSA) is 18.5 Å². The van der Waals surface area contributed by atoms with Gasteiger partial charge in [0.1, 0.15) is 11.5 Å². The van der Waals surface area contributed by atoms with E-state index in [1.807, 2.05) is 12.1 Å². The second-order valence-corrected chi connectivity index (χ2v) is 8.37. The van der Waals surface area contributed by atoms with Crippen LogP contribution in [0.15, 0.2) is 111 Å². The van der Waals surface area contributed by atoms with Crippen molar-refractivity contribution < 1.29 is 9.47 Å². The molecule has 0 atom stereocenters. The normalized spacial score (nSPS) is 13.0. The fourth-order valence-corrected chi connectivity index (χ4v) is 5.23. The second-order valence-electron chi connectivity index (χ2n) is 8.37. The highest BCUT2D eigenvalue weighted by Crippen LogP contribution is 2.56. The van der Waals surface area contributed by atoms with Crippen LogP contribution in [0.25, 0.3) is 11.1 Å². The summed E-state index contributed by atoms with van der Waals surface area (Å²) in [6.07, 6.45) is 2.94. The van der Waals surface area contributed by atoms with Gasteiger partial charge in [-0.25, -0.2) is 0 Å². The van der Waals surface area contributed by atoms with Crippen LogP contribution in [0.3, 0.4) is 0 Å². The number of fused-ring (bicyclic) bond motifs is 3. The summed E-state index contributed by atoms with van der Waals surface area (Å²) in [4.78, 5) is 0. The Morgan fingerprint density at radius 2 is 1.03 bits per heavy atom. The molecule has 0 bridgehead atoms. The minimum Gasteiger partial charge on any atom is -0.465 e. The number of ether oxygens (including phenoxy) is 2. The van der Waals surface area contributed by atoms with Gasteiger partial charge >= 0.3 is 0 Å². The predicted molar refractivity (Wildman–Crippen MR) is 135 cm³/mol. The lowest BCUT2D eigenvalue weighted by Gasteiger charge is -2.34. The maximum atomic E-state index is 5.63. The average molecular weight is 431 g/mol. The van der Waals surface area contributed by atoms with Gasteiger partial charge < -0.3 is 9.47 Å². The molecule has 1 aliphatic carbocycles. The Kier molecular flexibility index (Phi) is 5.14. The van der Waals surface area contributed by atoms with E-state index in [1.165, 1.54) is 45.9 Å². The van der Waals surface area contributed by atoms with Crippen LogP contribution in [0.4, 0.5) is 0 Å². The summed E-state index contributed by atoms with van der Waals surface area (Å²) in [6.45, 7) is 11.6. The van der Waals surface area contributed by atoms with Crippen molar-refractivity contribution in [3.8, 4) is 22.6 Å². The maximum absolute atomic E-state index is 5.63. The van der Waals surface area contributed by atoms with Gasteiger partial charge in [0, 0.05) is 0 Å². The standard InChI is InChI=1S/C31H26O2/c1-5-32-29-17-15-23(19-21(29)3)31(24-16-18-30(33-6-2)22(4)20-24)27-13-9-7-11-25(27)26-12-8-10-14-28(26)31/h5-20H,1-2H2,3-4H3. The Bertz CT molecular complexity index is 1270. The average Bonchev–Trinajstić information content (AvgIpc) is 3.13. The van der Waals surface area contributed by atoms with Crippen molar-refractivity contribution >= 4 is 0 Å². The molecule has 1 aliphatic rings. The molecule has 33 heavy (non-hydrogen) atoms. The van der Waals surface area contributed by atoms with Crippen LogP contribution < -0.4 is 9.47 Å². The number of benzene rings is 4. The fourth-order valence-electron chi connectivity index (χ4n) is 5.23. The summed E-state index contributed by atoms with van der Waals surface area (Å²) < 4.78 is 11.3. The van der Waals surface area contributed by atoms with Crippen LogP contribution in [0, 0.1) is 13.8 Å². The van der Waals surface area contributed by atoms with Crippen molar-refractivity contribution in [2.75, 3.05) is 0 Å². The summed E-state index contributed by atoms with van der Waals surface area (Å²) in [7, 11) is 0. The van der Waals surface area contributed by atoms with Crippen molar-refractivity contribution in [1.82, 2.24) is 0 Å². The highest BCUT2D eigenvalue weighted by atomic mass is 16.5. The summed E-state index contributed by atoms with van der Waals surface area (Å²) in [5.41, 5.74) is 9.16. The van der Waals surface area contributed by atoms with Gasteiger partial charge in [0.05, 0.1) is 17.9 Å². The van der Waals surface area contributed by atoms with E-state index in [1.54, 1.807) is 0 Å². The molecule has 5 rings (SSSR count). The lowest BCUT2D eigenvalue weighted by atomic mass is 9.67. The Hall–Kier alpha value is -4.04. The number of hydrogen-bond acceptors (Lipinski definition) is 2. The van der Waals surface area contributed by atoms with Crippen LogP contribution in [-0.4, -0.2) is 0 Å². The van der Waals surface area contributed by atoms with Crippen molar-refractivity contribution in [2.45, 2.75) is 19.3 Å². The summed E-state index contributed by atoms with van der Waals surface area (Å²) in [6, 6.07) is 30.3. The zero-order valence-corrected chi connectivity index (χ0v) is 19.0. The van der Waals surface area contributed by atoms with E-state index in [2.05, 4.69) is 99.8 Å². The Balaban J connectivity index is 1.87. The van der Waals surface area contributed by atoms with Crippen LogP contribution in [-0.2, 0) is 5.41 Å². The first-order chi connectivity index (χ1) is 16.1. The van der Waals surface area contributed by atoms with Gasteiger partial charge in [0.25, 0.3) is 0 Å². The molecule has 0 unspecified atom stereocenters. The SMILES string of the molecule is C=COc1ccc(C2(c3ccc(OC=C)c(C)c3)c3ccccc3-c3ccccc32)cc1C. The van der Waals surface area contributed by atoms with Gasteiger partial charge in [0.2, 0.25) is 0 Å². The van der Waals surface area contributed by atoms with Crippen molar-refractivity contribution in [1.29, 1.82) is 0 Å². The van der Waals surface area contributed by atoms with Crippen molar-refractivity contribution in [3.63, 3.8) is 0 Å².